The molecule has 0 amide bonds. The Hall–Kier alpha value is -1.32. The van der Waals surface area contributed by atoms with Gasteiger partial charge in [0.2, 0.25) is 0 Å². The van der Waals surface area contributed by atoms with Crippen LogP contribution in [-0.2, 0) is 13.1 Å². The standard InChI is InChI=1S/C16H20N2S/c1-18(11-13-8-9-19-12-13)16-5-3-2-4-14(16)10-17-15-6-7-15/h2-5,8-9,12,15,17H,6-7,10-11H2,1H3. The van der Waals surface area contributed by atoms with E-state index in [0.29, 0.717) is 0 Å². The summed E-state index contributed by atoms with van der Waals surface area (Å²) in [5.41, 5.74) is 4.12. The smallest absolute Gasteiger partial charge is 0.0434 e. The van der Waals surface area contributed by atoms with E-state index in [0.717, 1.165) is 19.1 Å². The number of hydrogen-bond acceptors (Lipinski definition) is 3. The maximum absolute atomic E-state index is 3.60. The molecule has 2 nitrogen and oxygen atoms in total. The van der Waals surface area contributed by atoms with Gasteiger partial charge in [-0.25, -0.2) is 0 Å². The maximum atomic E-state index is 3.60. The third kappa shape index (κ3) is 3.37. The van der Waals surface area contributed by atoms with Gasteiger partial charge in [0, 0.05) is 31.9 Å². The lowest BCUT2D eigenvalue weighted by Gasteiger charge is -2.22. The Morgan fingerprint density at radius 2 is 2.11 bits per heavy atom. The van der Waals surface area contributed by atoms with E-state index in [-0.39, 0.29) is 0 Å². The summed E-state index contributed by atoms with van der Waals surface area (Å²) in [6, 6.07) is 11.7. The van der Waals surface area contributed by atoms with Gasteiger partial charge in [-0.2, -0.15) is 11.3 Å². The third-order valence-electron chi connectivity index (χ3n) is 3.56. The van der Waals surface area contributed by atoms with Crippen molar-refractivity contribution < 1.29 is 0 Å². The summed E-state index contributed by atoms with van der Waals surface area (Å²) >= 11 is 1.76. The molecule has 0 spiro atoms. The second-order valence-corrected chi connectivity index (χ2v) is 6.05. The van der Waals surface area contributed by atoms with E-state index in [1.165, 1.54) is 29.7 Å². The van der Waals surface area contributed by atoms with Crippen LogP contribution < -0.4 is 10.2 Å². The van der Waals surface area contributed by atoms with Crippen molar-refractivity contribution in [2.75, 3.05) is 11.9 Å². The van der Waals surface area contributed by atoms with E-state index in [2.05, 4.69) is 58.4 Å². The molecule has 3 rings (SSSR count). The molecule has 0 radical (unpaired) electrons. The van der Waals surface area contributed by atoms with Gasteiger partial charge in [0.1, 0.15) is 0 Å². The second-order valence-electron chi connectivity index (χ2n) is 5.27. The van der Waals surface area contributed by atoms with Crippen LogP contribution in [-0.4, -0.2) is 13.1 Å². The van der Waals surface area contributed by atoms with Gasteiger partial charge in [-0.05, 0) is 46.9 Å². The molecule has 0 bridgehead atoms. The van der Waals surface area contributed by atoms with Crippen molar-refractivity contribution in [3.8, 4) is 0 Å². The fraction of sp³-hybridized carbons (Fsp3) is 0.375. The molecule has 1 saturated carbocycles. The molecular formula is C16H20N2S. The number of hydrogen-bond donors (Lipinski definition) is 1. The quantitative estimate of drug-likeness (QED) is 0.863. The summed E-state index contributed by atoms with van der Waals surface area (Å²) in [6.45, 7) is 1.96. The van der Waals surface area contributed by atoms with E-state index in [1.807, 2.05) is 0 Å². The largest absolute Gasteiger partial charge is 0.370 e. The summed E-state index contributed by atoms with van der Waals surface area (Å²) in [5, 5.41) is 7.97. The van der Waals surface area contributed by atoms with E-state index in [1.54, 1.807) is 11.3 Å². The molecule has 100 valence electrons. The predicted molar refractivity (Wildman–Crippen MR) is 82.7 cm³/mol. The highest BCUT2D eigenvalue weighted by Crippen LogP contribution is 2.24. The van der Waals surface area contributed by atoms with Gasteiger partial charge in [0.25, 0.3) is 0 Å². The van der Waals surface area contributed by atoms with E-state index >= 15 is 0 Å². The van der Waals surface area contributed by atoms with Crippen LogP contribution in [0, 0.1) is 0 Å². The molecule has 1 aromatic heterocycles. The average Bonchev–Trinajstić information content (AvgIpc) is 3.13. The zero-order chi connectivity index (χ0) is 13.1. The summed E-state index contributed by atoms with van der Waals surface area (Å²) in [7, 11) is 2.17. The fourth-order valence-electron chi connectivity index (χ4n) is 2.32. The molecule has 3 heteroatoms. The van der Waals surface area contributed by atoms with E-state index in [9.17, 15) is 0 Å². The number of para-hydroxylation sites is 1. The van der Waals surface area contributed by atoms with Crippen LogP contribution in [0.2, 0.25) is 0 Å². The SMILES string of the molecule is CN(Cc1ccsc1)c1ccccc1CNC1CC1. The highest BCUT2D eigenvalue weighted by Gasteiger charge is 2.20. The summed E-state index contributed by atoms with van der Waals surface area (Å²) in [5.74, 6) is 0. The predicted octanol–water partition coefficient (Wildman–Crippen LogP) is 3.64. The molecule has 1 aliphatic rings. The van der Waals surface area contributed by atoms with Crippen molar-refractivity contribution in [2.24, 2.45) is 0 Å². The Morgan fingerprint density at radius 3 is 2.84 bits per heavy atom. The lowest BCUT2D eigenvalue weighted by Crippen LogP contribution is -2.21. The van der Waals surface area contributed by atoms with Crippen molar-refractivity contribution in [3.63, 3.8) is 0 Å². The normalized spacial score (nSPS) is 14.6. The number of anilines is 1. The molecule has 0 atom stereocenters. The van der Waals surface area contributed by atoms with Crippen LogP contribution in [0.25, 0.3) is 0 Å². The molecule has 0 unspecified atom stereocenters. The van der Waals surface area contributed by atoms with Crippen LogP contribution in [0.5, 0.6) is 0 Å². The van der Waals surface area contributed by atoms with Crippen molar-refractivity contribution in [2.45, 2.75) is 32.0 Å². The topological polar surface area (TPSA) is 15.3 Å². The average molecular weight is 272 g/mol. The molecule has 1 aliphatic carbocycles. The lowest BCUT2D eigenvalue weighted by molar-refractivity contribution is 0.685. The van der Waals surface area contributed by atoms with E-state index < -0.39 is 0 Å². The van der Waals surface area contributed by atoms with Gasteiger partial charge in [-0.15, -0.1) is 0 Å². The van der Waals surface area contributed by atoms with Crippen LogP contribution in [0.4, 0.5) is 5.69 Å². The van der Waals surface area contributed by atoms with Crippen LogP contribution >= 0.6 is 11.3 Å². The van der Waals surface area contributed by atoms with Crippen molar-refractivity contribution >= 4 is 17.0 Å². The minimum Gasteiger partial charge on any atom is -0.370 e. The Balaban J connectivity index is 1.70. The molecule has 1 N–H and O–H groups in total. The molecule has 0 saturated heterocycles. The first-order valence-corrected chi connectivity index (χ1v) is 7.81. The molecule has 2 aromatic rings. The van der Waals surface area contributed by atoms with Crippen LogP contribution in [0.15, 0.2) is 41.1 Å². The first-order valence-electron chi connectivity index (χ1n) is 6.86. The Morgan fingerprint density at radius 1 is 1.26 bits per heavy atom. The van der Waals surface area contributed by atoms with Gasteiger partial charge in [0.15, 0.2) is 0 Å². The van der Waals surface area contributed by atoms with Crippen LogP contribution in [0.1, 0.15) is 24.0 Å². The van der Waals surface area contributed by atoms with Crippen LogP contribution in [0.3, 0.4) is 0 Å². The zero-order valence-electron chi connectivity index (χ0n) is 11.3. The minimum atomic E-state index is 0.759. The Labute approximate surface area is 119 Å². The number of benzene rings is 1. The number of rotatable bonds is 6. The summed E-state index contributed by atoms with van der Waals surface area (Å²) in [4.78, 5) is 2.34. The zero-order valence-corrected chi connectivity index (χ0v) is 12.1. The fourth-order valence-corrected chi connectivity index (χ4v) is 2.98. The molecule has 0 aliphatic heterocycles. The molecular weight excluding hydrogens is 252 g/mol. The van der Waals surface area contributed by atoms with Gasteiger partial charge in [-0.3, -0.25) is 0 Å². The second kappa shape index (κ2) is 5.76. The maximum Gasteiger partial charge on any atom is 0.0434 e. The van der Waals surface area contributed by atoms with Crippen molar-refractivity contribution in [1.29, 1.82) is 0 Å². The van der Waals surface area contributed by atoms with Crippen molar-refractivity contribution in [3.05, 3.63) is 52.2 Å². The minimum absolute atomic E-state index is 0.759. The summed E-state index contributed by atoms with van der Waals surface area (Å²) in [6.07, 6.45) is 2.68. The van der Waals surface area contributed by atoms with Gasteiger partial charge in [-0.1, -0.05) is 18.2 Å². The van der Waals surface area contributed by atoms with Gasteiger partial charge in [0.05, 0.1) is 0 Å². The lowest BCUT2D eigenvalue weighted by atomic mass is 10.1. The summed E-state index contributed by atoms with van der Waals surface area (Å²) < 4.78 is 0. The molecule has 19 heavy (non-hydrogen) atoms. The molecule has 1 fully saturated rings. The molecule has 1 heterocycles. The Kier molecular flexibility index (Phi) is 3.85. The van der Waals surface area contributed by atoms with E-state index in [4.69, 9.17) is 0 Å². The number of nitrogens with one attached hydrogen (secondary N) is 1. The monoisotopic (exact) mass is 272 g/mol. The number of thiophene rings is 1. The van der Waals surface area contributed by atoms with Crippen molar-refractivity contribution in [1.82, 2.24) is 5.32 Å². The van der Waals surface area contributed by atoms with Gasteiger partial charge < -0.3 is 10.2 Å². The first kappa shape index (κ1) is 12.7. The highest BCUT2D eigenvalue weighted by molar-refractivity contribution is 7.07. The van der Waals surface area contributed by atoms with Gasteiger partial charge >= 0.3 is 0 Å². The Bertz CT molecular complexity index is 517. The first-order chi connectivity index (χ1) is 9.33. The highest BCUT2D eigenvalue weighted by atomic mass is 32.1. The third-order valence-corrected chi connectivity index (χ3v) is 4.29. The molecule has 1 aromatic carbocycles. The number of nitrogens with zero attached hydrogens (tertiary/aromatic N) is 1.